The maximum Gasteiger partial charge on any atom is 0.328 e. The molecule has 0 radical (unpaired) electrons. The molecule has 0 aliphatic rings. The number of nitrogens with one attached hydrogen (secondary N) is 2. The van der Waals surface area contributed by atoms with Crippen molar-refractivity contribution in [2.45, 2.75) is 39.7 Å². The topological polar surface area (TPSA) is 84.5 Å². The summed E-state index contributed by atoms with van der Waals surface area (Å²) in [7, 11) is 0. The van der Waals surface area contributed by atoms with Crippen LogP contribution in [0.1, 0.15) is 41.8 Å². The van der Waals surface area contributed by atoms with Crippen LogP contribution in [0.15, 0.2) is 48.5 Å². The van der Waals surface area contributed by atoms with Crippen LogP contribution < -0.4 is 10.6 Å². The van der Waals surface area contributed by atoms with Gasteiger partial charge in [-0.2, -0.15) is 0 Å². The molecule has 31 heavy (non-hydrogen) atoms. The number of hydrogen-bond donors (Lipinski definition) is 2. The Labute approximate surface area is 182 Å². The van der Waals surface area contributed by atoms with E-state index in [-0.39, 0.29) is 30.5 Å². The molecular formula is C24H29FN2O4. The first-order valence-electron chi connectivity index (χ1n) is 10.3. The van der Waals surface area contributed by atoms with E-state index < -0.39 is 23.7 Å². The zero-order valence-corrected chi connectivity index (χ0v) is 18.1. The Bertz CT molecular complexity index is 897. The number of hydrogen-bond acceptors (Lipinski definition) is 4. The van der Waals surface area contributed by atoms with E-state index in [0.717, 1.165) is 5.56 Å². The molecule has 166 valence electrons. The van der Waals surface area contributed by atoms with Gasteiger partial charge in [0, 0.05) is 6.42 Å². The van der Waals surface area contributed by atoms with Gasteiger partial charge in [0.2, 0.25) is 5.91 Å². The van der Waals surface area contributed by atoms with Gasteiger partial charge >= 0.3 is 5.97 Å². The van der Waals surface area contributed by atoms with Gasteiger partial charge < -0.3 is 15.4 Å². The Hall–Kier alpha value is -3.22. The average Bonchev–Trinajstić information content (AvgIpc) is 2.74. The van der Waals surface area contributed by atoms with Crippen molar-refractivity contribution in [2.75, 3.05) is 13.2 Å². The van der Waals surface area contributed by atoms with Crippen LogP contribution in [0.3, 0.4) is 0 Å². The summed E-state index contributed by atoms with van der Waals surface area (Å²) in [5.41, 5.74) is 2.11. The molecule has 0 heterocycles. The van der Waals surface area contributed by atoms with E-state index in [2.05, 4.69) is 10.6 Å². The van der Waals surface area contributed by atoms with Crippen LogP contribution in [-0.2, 0) is 20.7 Å². The van der Waals surface area contributed by atoms with Gasteiger partial charge in [-0.3, -0.25) is 9.59 Å². The standard InChI is InChI=1S/C24H29FN2O4/c1-16(2)22(27-23(29)19-6-4-5-7-20(19)25)24(30)31-15-14-26-21(28)13-12-18-10-8-17(3)9-11-18/h4-11,16,22H,12-15H2,1-3H3,(H,26,28)(H,27,29). The molecule has 0 fully saturated rings. The highest BCUT2D eigenvalue weighted by atomic mass is 19.1. The van der Waals surface area contributed by atoms with E-state index in [1.54, 1.807) is 19.9 Å². The number of carbonyl (C=O) groups is 3. The minimum Gasteiger partial charge on any atom is -0.462 e. The number of benzene rings is 2. The highest BCUT2D eigenvalue weighted by Crippen LogP contribution is 2.10. The quantitative estimate of drug-likeness (QED) is 0.450. The fraction of sp³-hybridized carbons (Fsp3) is 0.375. The molecule has 0 saturated heterocycles. The fourth-order valence-electron chi connectivity index (χ4n) is 2.89. The number of halogens is 1. The molecule has 6 nitrogen and oxygen atoms in total. The van der Waals surface area contributed by atoms with Gasteiger partial charge in [-0.05, 0) is 37.0 Å². The predicted octanol–water partition coefficient (Wildman–Crippen LogP) is 3.18. The monoisotopic (exact) mass is 428 g/mol. The minimum absolute atomic E-state index is 0.0199. The number of esters is 1. The largest absolute Gasteiger partial charge is 0.462 e. The average molecular weight is 429 g/mol. The van der Waals surface area contributed by atoms with Gasteiger partial charge in [0.15, 0.2) is 0 Å². The van der Waals surface area contributed by atoms with E-state index in [0.29, 0.717) is 12.8 Å². The zero-order valence-electron chi connectivity index (χ0n) is 18.1. The Morgan fingerprint density at radius 1 is 1.03 bits per heavy atom. The molecule has 2 aromatic carbocycles. The molecule has 2 rings (SSSR count). The molecule has 2 N–H and O–H groups in total. The third-order valence-electron chi connectivity index (χ3n) is 4.76. The summed E-state index contributed by atoms with van der Waals surface area (Å²) >= 11 is 0. The van der Waals surface area contributed by atoms with Gasteiger partial charge in [0.1, 0.15) is 18.5 Å². The zero-order chi connectivity index (χ0) is 22.8. The van der Waals surface area contributed by atoms with Gasteiger partial charge in [0.25, 0.3) is 5.91 Å². The van der Waals surface area contributed by atoms with Crippen LogP contribution in [0.2, 0.25) is 0 Å². The summed E-state index contributed by atoms with van der Waals surface area (Å²) in [5, 5.41) is 5.23. The second-order valence-corrected chi connectivity index (χ2v) is 7.68. The third kappa shape index (κ3) is 7.85. The highest BCUT2D eigenvalue weighted by Gasteiger charge is 2.27. The summed E-state index contributed by atoms with van der Waals surface area (Å²) < 4.78 is 19.0. The molecule has 7 heteroatoms. The summed E-state index contributed by atoms with van der Waals surface area (Å²) in [6, 6.07) is 12.6. The maximum atomic E-state index is 13.8. The van der Waals surface area contributed by atoms with Crippen LogP contribution in [0.5, 0.6) is 0 Å². The van der Waals surface area contributed by atoms with Gasteiger partial charge in [0.05, 0.1) is 12.1 Å². The lowest BCUT2D eigenvalue weighted by molar-refractivity contribution is -0.147. The van der Waals surface area contributed by atoms with Crippen molar-refractivity contribution in [2.24, 2.45) is 5.92 Å². The molecule has 0 saturated carbocycles. The van der Waals surface area contributed by atoms with Crippen molar-refractivity contribution >= 4 is 17.8 Å². The number of rotatable bonds is 10. The summed E-state index contributed by atoms with van der Waals surface area (Å²) in [6.45, 7) is 5.66. The molecule has 0 aliphatic carbocycles. The SMILES string of the molecule is Cc1ccc(CCC(=O)NCCOC(=O)C(NC(=O)c2ccccc2F)C(C)C)cc1. The normalized spacial score (nSPS) is 11.6. The van der Waals surface area contributed by atoms with Crippen LogP contribution >= 0.6 is 0 Å². The van der Waals surface area contributed by atoms with Crippen molar-refractivity contribution in [1.82, 2.24) is 10.6 Å². The van der Waals surface area contributed by atoms with E-state index in [1.807, 2.05) is 31.2 Å². The van der Waals surface area contributed by atoms with Crippen LogP contribution in [0, 0.1) is 18.7 Å². The molecule has 0 spiro atoms. The van der Waals surface area contributed by atoms with Crippen molar-refractivity contribution in [3.63, 3.8) is 0 Å². The number of aryl methyl sites for hydroxylation is 2. The van der Waals surface area contributed by atoms with Crippen LogP contribution in [0.25, 0.3) is 0 Å². The Morgan fingerprint density at radius 3 is 2.35 bits per heavy atom. The number of ether oxygens (including phenoxy) is 1. The number of amides is 2. The smallest absolute Gasteiger partial charge is 0.328 e. The molecule has 1 atom stereocenters. The van der Waals surface area contributed by atoms with Crippen LogP contribution in [-0.4, -0.2) is 37.0 Å². The molecule has 1 unspecified atom stereocenters. The molecule has 0 aromatic heterocycles. The van der Waals surface area contributed by atoms with Crippen molar-refractivity contribution in [1.29, 1.82) is 0 Å². The predicted molar refractivity (Wildman–Crippen MR) is 116 cm³/mol. The molecule has 2 aromatic rings. The molecule has 2 amide bonds. The first-order chi connectivity index (χ1) is 14.8. The van der Waals surface area contributed by atoms with E-state index in [4.69, 9.17) is 4.74 Å². The lowest BCUT2D eigenvalue weighted by Gasteiger charge is -2.21. The van der Waals surface area contributed by atoms with E-state index in [1.165, 1.54) is 23.8 Å². The third-order valence-corrected chi connectivity index (χ3v) is 4.76. The first-order valence-corrected chi connectivity index (χ1v) is 10.3. The van der Waals surface area contributed by atoms with E-state index >= 15 is 0 Å². The summed E-state index contributed by atoms with van der Waals surface area (Å²) in [5.74, 6) is -2.37. The maximum absolute atomic E-state index is 13.8. The second-order valence-electron chi connectivity index (χ2n) is 7.68. The van der Waals surface area contributed by atoms with Gasteiger partial charge in [-0.1, -0.05) is 55.8 Å². The lowest BCUT2D eigenvalue weighted by Crippen LogP contribution is -2.46. The molecular weight excluding hydrogens is 399 g/mol. The Morgan fingerprint density at radius 2 is 1.71 bits per heavy atom. The Kier molecular flexibility index (Phi) is 9.18. The Balaban J connectivity index is 1.74. The lowest BCUT2D eigenvalue weighted by atomic mass is 10.0. The van der Waals surface area contributed by atoms with E-state index in [9.17, 15) is 18.8 Å². The van der Waals surface area contributed by atoms with Gasteiger partial charge in [-0.15, -0.1) is 0 Å². The van der Waals surface area contributed by atoms with Crippen molar-refractivity contribution in [3.8, 4) is 0 Å². The van der Waals surface area contributed by atoms with Crippen molar-refractivity contribution < 1.29 is 23.5 Å². The summed E-state index contributed by atoms with van der Waals surface area (Å²) in [6.07, 6.45) is 0.966. The van der Waals surface area contributed by atoms with Gasteiger partial charge in [-0.25, -0.2) is 9.18 Å². The van der Waals surface area contributed by atoms with Crippen molar-refractivity contribution in [3.05, 3.63) is 71.0 Å². The fourth-order valence-corrected chi connectivity index (χ4v) is 2.89. The van der Waals surface area contributed by atoms with Crippen LogP contribution in [0.4, 0.5) is 4.39 Å². The molecule has 0 aliphatic heterocycles. The summed E-state index contributed by atoms with van der Waals surface area (Å²) in [4.78, 5) is 36.6. The number of carbonyl (C=O) groups excluding carboxylic acids is 3. The molecule has 0 bridgehead atoms. The highest BCUT2D eigenvalue weighted by molar-refractivity contribution is 5.97. The first kappa shape index (κ1) is 24.1. The minimum atomic E-state index is -0.927. The second kappa shape index (κ2) is 11.8.